The fourth-order valence-corrected chi connectivity index (χ4v) is 3.84. The zero-order valence-corrected chi connectivity index (χ0v) is 17.1. The number of nitrogens with zero attached hydrogens (tertiary/aromatic N) is 3. The maximum atomic E-state index is 13.1. The van der Waals surface area contributed by atoms with Gasteiger partial charge in [0.25, 0.3) is 11.5 Å². The van der Waals surface area contributed by atoms with Gasteiger partial charge in [-0.2, -0.15) is 0 Å². The standard InChI is InChI=1S/C21H18N4O4S/c1-28-12-18-23-24-21(30-18)22-19(26)15-11-25(16-9-5-6-10-17(16)29-2)20(27)14-8-4-3-7-13(14)15/h3-11H,12H2,1-2H3,(H,22,24,26). The van der Waals surface area contributed by atoms with E-state index in [1.54, 1.807) is 49.6 Å². The molecule has 1 amide bonds. The minimum absolute atomic E-state index is 0.245. The first-order chi connectivity index (χ1) is 14.6. The average molecular weight is 422 g/mol. The molecule has 1 N–H and O–H groups in total. The van der Waals surface area contributed by atoms with Crippen molar-refractivity contribution in [2.24, 2.45) is 0 Å². The van der Waals surface area contributed by atoms with E-state index in [1.807, 2.05) is 6.07 Å². The molecular formula is C21H18N4O4S. The van der Waals surface area contributed by atoms with Crippen LogP contribution in [0.15, 0.2) is 59.5 Å². The van der Waals surface area contributed by atoms with Crippen molar-refractivity contribution < 1.29 is 14.3 Å². The molecule has 2 aromatic heterocycles. The molecule has 4 rings (SSSR count). The zero-order valence-electron chi connectivity index (χ0n) is 16.3. The Hall–Kier alpha value is -3.56. The van der Waals surface area contributed by atoms with Crippen molar-refractivity contribution in [2.45, 2.75) is 6.61 Å². The number of fused-ring (bicyclic) bond motifs is 1. The number of ether oxygens (including phenoxy) is 2. The van der Waals surface area contributed by atoms with E-state index in [1.165, 1.54) is 29.2 Å². The Morgan fingerprint density at radius 2 is 1.80 bits per heavy atom. The van der Waals surface area contributed by atoms with Crippen LogP contribution in [-0.4, -0.2) is 34.9 Å². The Morgan fingerprint density at radius 1 is 1.07 bits per heavy atom. The van der Waals surface area contributed by atoms with Crippen LogP contribution in [0.25, 0.3) is 16.5 Å². The second-order valence-electron chi connectivity index (χ2n) is 6.32. The number of rotatable bonds is 6. The van der Waals surface area contributed by atoms with Gasteiger partial charge in [0.05, 0.1) is 18.4 Å². The van der Waals surface area contributed by atoms with Gasteiger partial charge in [-0.25, -0.2) is 0 Å². The number of carbonyl (C=O) groups excluding carboxylic acids is 1. The van der Waals surface area contributed by atoms with E-state index in [2.05, 4.69) is 15.5 Å². The lowest BCUT2D eigenvalue weighted by Crippen LogP contribution is -2.23. The summed E-state index contributed by atoms with van der Waals surface area (Å²) in [6, 6.07) is 14.1. The number of hydrogen-bond acceptors (Lipinski definition) is 7. The molecule has 0 saturated carbocycles. The van der Waals surface area contributed by atoms with Crippen LogP contribution < -0.4 is 15.6 Å². The van der Waals surface area contributed by atoms with Crippen LogP contribution >= 0.6 is 11.3 Å². The van der Waals surface area contributed by atoms with Crippen molar-refractivity contribution in [3.63, 3.8) is 0 Å². The van der Waals surface area contributed by atoms with Crippen molar-refractivity contribution in [3.05, 3.63) is 75.7 Å². The summed E-state index contributed by atoms with van der Waals surface area (Å²) < 4.78 is 11.9. The van der Waals surface area contributed by atoms with Crippen LogP contribution in [0.2, 0.25) is 0 Å². The fourth-order valence-electron chi connectivity index (χ4n) is 3.13. The van der Waals surface area contributed by atoms with E-state index in [-0.39, 0.29) is 5.56 Å². The number of hydrogen-bond donors (Lipinski definition) is 1. The Morgan fingerprint density at radius 3 is 2.57 bits per heavy atom. The first kappa shape index (κ1) is 19.7. The fraction of sp³-hybridized carbons (Fsp3) is 0.143. The van der Waals surface area contributed by atoms with Crippen LogP contribution in [-0.2, 0) is 11.3 Å². The number of pyridine rings is 1. The number of aromatic nitrogens is 3. The van der Waals surface area contributed by atoms with E-state index in [0.717, 1.165) is 0 Å². The van der Waals surface area contributed by atoms with E-state index in [4.69, 9.17) is 9.47 Å². The Bertz CT molecular complexity index is 1280. The van der Waals surface area contributed by atoms with Gasteiger partial charge in [-0.15, -0.1) is 10.2 Å². The number of nitrogens with one attached hydrogen (secondary N) is 1. The maximum absolute atomic E-state index is 13.1. The molecule has 2 heterocycles. The van der Waals surface area contributed by atoms with Crippen LogP contribution in [0.4, 0.5) is 5.13 Å². The molecule has 0 unspecified atom stereocenters. The SMILES string of the molecule is COCc1nnc(NC(=O)c2cn(-c3ccccc3OC)c(=O)c3ccccc23)s1. The smallest absolute Gasteiger partial charge is 0.263 e. The predicted molar refractivity (Wildman–Crippen MR) is 115 cm³/mol. The van der Waals surface area contributed by atoms with Crippen molar-refractivity contribution in [3.8, 4) is 11.4 Å². The molecular weight excluding hydrogens is 404 g/mol. The van der Waals surface area contributed by atoms with Gasteiger partial charge in [-0.3, -0.25) is 19.5 Å². The third-order valence-electron chi connectivity index (χ3n) is 4.47. The van der Waals surface area contributed by atoms with E-state index in [9.17, 15) is 9.59 Å². The minimum Gasteiger partial charge on any atom is -0.495 e. The largest absolute Gasteiger partial charge is 0.495 e. The molecule has 9 heteroatoms. The highest BCUT2D eigenvalue weighted by Gasteiger charge is 2.18. The summed E-state index contributed by atoms with van der Waals surface area (Å²) in [5.41, 5.74) is 0.632. The van der Waals surface area contributed by atoms with Gasteiger partial charge in [0.2, 0.25) is 5.13 Å². The Kier molecular flexibility index (Phi) is 5.55. The number of carbonyl (C=O) groups is 1. The van der Waals surface area contributed by atoms with Crippen molar-refractivity contribution in [1.82, 2.24) is 14.8 Å². The lowest BCUT2D eigenvalue weighted by atomic mass is 10.1. The van der Waals surface area contributed by atoms with Gasteiger partial charge in [-0.1, -0.05) is 41.7 Å². The average Bonchev–Trinajstić information content (AvgIpc) is 3.21. The molecule has 2 aromatic carbocycles. The molecule has 0 radical (unpaired) electrons. The van der Waals surface area contributed by atoms with Gasteiger partial charge in [0, 0.05) is 24.1 Å². The van der Waals surface area contributed by atoms with Crippen molar-refractivity contribution in [1.29, 1.82) is 0 Å². The molecule has 0 fully saturated rings. The third-order valence-corrected chi connectivity index (χ3v) is 5.28. The highest BCUT2D eigenvalue weighted by Crippen LogP contribution is 2.25. The van der Waals surface area contributed by atoms with Crippen molar-refractivity contribution in [2.75, 3.05) is 19.5 Å². The summed E-state index contributed by atoms with van der Waals surface area (Å²) >= 11 is 1.23. The third kappa shape index (κ3) is 3.68. The number of para-hydroxylation sites is 2. The topological polar surface area (TPSA) is 95.3 Å². The van der Waals surface area contributed by atoms with Gasteiger partial charge < -0.3 is 9.47 Å². The van der Waals surface area contributed by atoms with E-state index in [0.29, 0.717) is 44.5 Å². The van der Waals surface area contributed by atoms with Gasteiger partial charge in [-0.05, 0) is 18.2 Å². The van der Waals surface area contributed by atoms with Gasteiger partial charge >= 0.3 is 0 Å². The normalized spacial score (nSPS) is 10.9. The lowest BCUT2D eigenvalue weighted by molar-refractivity contribution is 0.102. The zero-order chi connectivity index (χ0) is 21.1. The highest BCUT2D eigenvalue weighted by molar-refractivity contribution is 7.15. The number of methoxy groups -OCH3 is 2. The number of benzene rings is 2. The molecule has 0 aliphatic rings. The first-order valence-corrected chi connectivity index (χ1v) is 9.84. The van der Waals surface area contributed by atoms with Crippen LogP contribution in [0.5, 0.6) is 5.75 Å². The Labute approximate surface area is 175 Å². The second-order valence-corrected chi connectivity index (χ2v) is 7.39. The monoisotopic (exact) mass is 422 g/mol. The summed E-state index contributed by atoms with van der Waals surface area (Å²) in [5, 5.41) is 12.7. The molecule has 0 atom stereocenters. The molecule has 0 spiro atoms. The second kappa shape index (κ2) is 8.44. The quantitative estimate of drug-likeness (QED) is 0.513. The number of anilines is 1. The molecule has 0 aliphatic heterocycles. The molecule has 152 valence electrons. The predicted octanol–water partition coefficient (Wildman–Crippen LogP) is 3.25. The molecule has 30 heavy (non-hydrogen) atoms. The van der Waals surface area contributed by atoms with Gasteiger partial charge in [0.15, 0.2) is 0 Å². The first-order valence-electron chi connectivity index (χ1n) is 9.03. The van der Waals surface area contributed by atoms with Crippen LogP contribution in [0.3, 0.4) is 0 Å². The van der Waals surface area contributed by atoms with E-state index < -0.39 is 5.91 Å². The Balaban J connectivity index is 1.83. The summed E-state index contributed by atoms with van der Waals surface area (Å²) in [7, 11) is 3.10. The van der Waals surface area contributed by atoms with Crippen LogP contribution in [0.1, 0.15) is 15.4 Å². The summed E-state index contributed by atoms with van der Waals surface area (Å²) in [6.45, 7) is 0.315. The molecule has 8 nitrogen and oxygen atoms in total. The molecule has 0 bridgehead atoms. The summed E-state index contributed by atoms with van der Waals surface area (Å²) in [5.74, 6) is 0.129. The molecule has 0 saturated heterocycles. The molecule has 0 aliphatic carbocycles. The molecule has 4 aromatic rings. The summed E-state index contributed by atoms with van der Waals surface area (Å²) in [4.78, 5) is 26.2. The lowest BCUT2D eigenvalue weighted by Gasteiger charge is -2.14. The highest BCUT2D eigenvalue weighted by atomic mass is 32.1. The van der Waals surface area contributed by atoms with Crippen molar-refractivity contribution >= 4 is 33.1 Å². The van der Waals surface area contributed by atoms with Crippen LogP contribution in [0, 0.1) is 0 Å². The van der Waals surface area contributed by atoms with E-state index >= 15 is 0 Å². The van der Waals surface area contributed by atoms with Gasteiger partial charge in [0.1, 0.15) is 17.4 Å². The maximum Gasteiger partial charge on any atom is 0.263 e. The number of amides is 1. The minimum atomic E-state index is -0.394. The summed E-state index contributed by atoms with van der Waals surface area (Å²) in [6.07, 6.45) is 1.52.